The maximum Gasteiger partial charge on any atom is 0.227 e. The maximum atomic E-state index is 12.6. The number of carbonyl (C=O) groups is 1. The average molecular weight is 320 g/mol. The topological polar surface area (TPSA) is 44.9 Å². The molecule has 3 heteroatoms. The van der Waals surface area contributed by atoms with Crippen LogP contribution >= 0.6 is 0 Å². The van der Waals surface area contributed by atoms with Crippen LogP contribution in [0, 0.1) is 5.92 Å². The van der Waals surface area contributed by atoms with E-state index in [0.717, 1.165) is 27.7 Å². The van der Waals surface area contributed by atoms with Crippen molar-refractivity contribution in [2.24, 2.45) is 5.92 Å². The molecule has 2 aromatic carbocycles. The molecule has 2 N–H and O–H groups in total. The first-order valence-electron chi connectivity index (χ1n) is 8.51. The van der Waals surface area contributed by atoms with Gasteiger partial charge in [0.25, 0.3) is 0 Å². The first-order valence-corrected chi connectivity index (χ1v) is 8.51. The summed E-state index contributed by atoms with van der Waals surface area (Å²) in [5.41, 5.74) is 4.27. The normalized spacial score (nSPS) is 12.5. The number of carbonyl (C=O) groups excluding carboxylic acids is 1. The van der Waals surface area contributed by atoms with Crippen LogP contribution < -0.4 is 5.32 Å². The molecule has 3 nitrogen and oxygen atoms in total. The van der Waals surface area contributed by atoms with Crippen LogP contribution in [0.2, 0.25) is 0 Å². The molecule has 1 heterocycles. The molecule has 0 aliphatic rings. The first-order chi connectivity index (χ1) is 11.6. The number of H-pyrrole nitrogens is 1. The summed E-state index contributed by atoms with van der Waals surface area (Å²) in [7, 11) is 0. The zero-order chi connectivity index (χ0) is 17.1. The third kappa shape index (κ3) is 3.21. The van der Waals surface area contributed by atoms with Crippen molar-refractivity contribution in [1.29, 1.82) is 0 Å². The van der Waals surface area contributed by atoms with Gasteiger partial charge in [-0.1, -0.05) is 62.4 Å². The van der Waals surface area contributed by atoms with E-state index >= 15 is 0 Å². The number of fused-ring (bicyclic) bond motifs is 1. The van der Waals surface area contributed by atoms with Crippen LogP contribution in [0.5, 0.6) is 0 Å². The van der Waals surface area contributed by atoms with Gasteiger partial charge >= 0.3 is 0 Å². The highest BCUT2D eigenvalue weighted by atomic mass is 16.1. The van der Waals surface area contributed by atoms with Crippen LogP contribution in [0.4, 0.5) is 0 Å². The van der Waals surface area contributed by atoms with Gasteiger partial charge < -0.3 is 10.3 Å². The van der Waals surface area contributed by atoms with Crippen LogP contribution in [0.15, 0.2) is 54.6 Å². The fourth-order valence-corrected chi connectivity index (χ4v) is 3.03. The Morgan fingerprint density at radius 2 is 1.67 bits per heavy atom. The summed E-state index contributed by atoms with van der Waals surface area (Å²) in [5.74, 6) is 0.304. The smallest absolute Gasteiger partial charge is 0.227 e. The summed E-state index contributed by atoms with van der Waals surface area (Å²) in [5, 5.41) is 4.18. The quantitative estimate of drug-likeness (QED) is 0.702. The summed E-state index contributed by atoms with van der Waals surface area (Å²) >= 11 is 0. The maximum absolute atomic E-state index is 12.6. The summed E-state index contributed by atoms with van der Waals surface area (Å²) in [4.78, 5) is 16.1. The van der Waals surface area contributed by atoms with Crippen molar-refractivity contribution in [1.82, 2.24) is 10.3 Å². The van der Waals surface area contributed by atoms with E-state index in [9.17, 15) is 4.79 Å². The molecule has 0 saturated carbocycles. The van der Waals surface area contributed by atoms with Crippen molar-refractivity contribution < 1.29 is 4.79 Å². The molecule has 0 radical (unpaired) electrons. The molecule has 0 aliphatic carbocycles. The van der Waals surface area contributed by atoms with Crippen molar-refractivity contribution in [2.75, 3.05) is 6.54 Å². The number of aromatic amines is 1. The molecular formula is C21H24N2O. The Hall–Kier alpha value is -2.55. The Morgan fingerprint density at radius 3 is 2.38 bits per heavy atom. The lowest BCUT2D eigenvalue weighted by molar-refractivity contribution is -0.122. The Labute approximate surface area is 143 Å². The van der Waals surface area contributed by atoms with Gasteiger partial charge in [0.1, 0.15) is 0 Å². The van der Waals surface area contributed by atoms with Crippen LogP contribution in [0.1, 0.15) is 32.3 Å². The van der Waals surface area contributed by atoms with Gasteiger partial charge in [0.05, 0.1) is 11.6 Å². The first kappa shape index (κ1) is 16.3. The molecule has 1 unspecified atom stereocenters. The highest BCUT2D eigenvalue weighted by Crippen LogP contribution is 2.35. The molecule has 3 rings (SSSR count). The zero-order valence-corrected chi connectivity index (χ0v) is 14.5. The van der Waals surface area contributed by atoms with E-state index in [0.29, 0.717) is 12.5 Å². The zero-order valence-electron chi connectivity index (χ0n) is 14.5. The largest absolute Gasteiger partial charge is 0.355 e. The second-order valence-electron chi connectivity index (χ2n) is 6.69. The predicted molar refractivity (Wildman–Crippen MR) is 100.0 cm³/mol. The van der Waals surface area contributed by atoms with Crippen molar-refractivity contribution in [2.45, 2.75) is 26.7 Å². The molecule has 0 aliphatic heterocycles. The molecule has 124 valence electrons. The molecule has 1 amide bonds. The number of benzene rings is 2. The van der Waals surface area contributed by atoms with E-state index in [2.05, 4.69) is 48.4 Å². The Bertz CT molecular complexity index is 833. The van der Waals surface area contributed by atoms with Crippen LogP contribution in [0.3, 0.4) is 0 Å². The Balaban J connectivity index is 2.06. The van der Waals surface area contributed by atoms with E-state index in [1.54, 1.807) is 0 Å². The third-order valence-electron chi connectivity index (χ3n) is 4.32. The number of hydrogen-bond donors (Lipinski definition) is 2. The van der Waals surface area contributed by atoms with E-state index in [1.165, 1.54) is 0 Å². The van der Waals surface area contributed by atoms with Gasteiger partial charge in [0.15, 0.2) is 0 Å². The SMILES string of the molecule is CC(C)CNC(=O)C(C)c1c(-c2ccccc2)[nH]c2ccccc12. The molecule has 3 aromatic rings. The molecule has 0 spiro atoms. The van der Waals surface area contributed by atoms with Crippen molar-refractivity contribution in [3.05, 3.63) is 60.2 Å². The molecule has 0 saturated heterocycles. The van der Waals surface area contributed by atoms with E-state index in [-0.39, 0.29) is 11.8 Å². The molecule has 1 atom stereocenters. The number of para-hydroxylation sites is 1. The lowest BCUT2D eigenvalue weighted by Gasteiger charge is -2.15. The van der Waals surface area contributed by atoms with E-state index in [1.807, 2.05) is 37.3 Å². The predicted octanol–water partition coefficient (Wildman–Crippen LogP) is 4.71. The van der Waals surface area contributed by atoms with Crippen molar-refractivity contribution in [3.63, 3.8) is 0 Å². The fraction of sp³-hybridized carbons (Fsp3) is 0.286. The summed E-state index contributed by atoms with van der Waals surface area (Å²) in [6.07, 6.45) is 0. The van der Waals surface area contributed by atoms with Gasteiger partial charge in [0, 0.05) is 17.4 Å². The van der Waals surface area contributed by atoms with Gasteiger partial charge in [-0.05, 0) is 30.0 Å². The monoisotopic (exact) mass is 320 g/mol. The second-order valence-corrected chi connectivity index (χ2v) is 6.69. The average Bonchev–Trinajstić information content (AvgIpc) is 2.99. The van der Waals surface area contributed by atoms with Gasteiger partial charge in [0.2, 0.25) is 5.91 Å². The number of hydrogen-bond acceptors (Lipinski definition) is 1. The van der Waals surface area contributed by atoms with Gasteiger partial charge in [-0.15, -0.1) is 0 Å². The number of aromatic nitrogens is 1. The van der Waals surface area contributed by atoms with Crippen molar-refractivity contribution >= 4 is 16.8 Å². The van der Waals surface area contributed by atoms with Gasteiger partial charge in [-0.3, -0.25) is 4.79 Å². The minimum Gasteiger partial charge on any atom is -0.355 e. The lowest BCUT2D eigenvalue weighted by Crippen LogP contribution is -2.31. The molecule has 0 fully saturated rings. The fourth-order valence-electron chi connectivity index (χ4n) is 3.03. The van der Waals surface area contributed by atoms with Crippen LogP contribution in [0.25, 0.3) is 22.2 Å². The Morgan fingerprint density at radius 1 is 1.00 bits per heavy atom. The summed E-state index contributed by atoms with van der Waals surface area (Å²) in [6, 6.07) is 18.4. The second kappa shape index (κ2) is 6.91. The minimum atomic E-state index is -0.213. The van der Waals surface area contributed by atoms with Gasteiger partial charge in [-0.25, -0.2) is 0 Å². The van der Waals surface area contributed by atoms with Crippen molar-refractivity contribution in [3.8, 4) is 11.3 Å². The number of nitrogens with one attached hydrogen (secondary N) is 2. The Kier molecular flexibility index (Phi) is 4.70. The van der Waals surface area contributed by atoms with Gasteiger partial charge in [-0.2, -0.15) is 0 Å². The molecule has 24 heavy (non-hydrogen) atoms. The summed E-state index contributed by atoms with van der Waals surface area (Å²) in [6.45, 7) is 6.89. The van der Waals surface area contributed by atoms with Crippen LogP contribution in [-0.2, 0) is 4.79 Å². The highest BCUT2D eigenvalue weighted by molar-refractivity contribution is 5.97. The lowest BCUT2D eigenvalue weighted by atomic mass is 9.94. The molecule has 0 bridgehead atoms. The van der Waals surface area contributed by atoms with E-state index in [4.69, 9.17) is 0 Å². The standard InChI is InChI=1S/C21H24N2O/c1-14(2)13-22-21(24)15(3)19-17-11-7-8-12-18(17)23-20(19)16-9-5-4-6-10-16/h4-12,14-15,23H,13H2,1-3H3,(H,22,24). The highest BCUT2D eigenvalue weighted by Gasteiger charge is 2.23. The number of amides is 1. The minimum absolute atomic E-state index is 0.0747. The number of rotatable bonds is 5. The third-order valence-corrected chi connectivity index (χ3v) is 4.32. The summed E-state index contributed by atoms with van der Waals surface area (Å²) < 4.78 is 0. The molecular weight excluding hydrogens is 296 g/mol. The van der Waals surface area contributed by atoms with E-state index < -0.39 is 0 Å². The molecule has 1 aromatic heterocycles. The van der Waals surface area contributed by atoms with Crippen LogP contribution in [-0.4, -0.2) is 17.4 Å².